The van der Waals surface area contributed by atoms with Crippen LogP contribution >= 0.6 is 0 Å². The number of nitrogens with zero attached hydrogens (tertiary/aromatic N) is 1. The summed E-state index contributed by atoms with van der Waals surface area (Å²) >= 11 is 0. The molecule has 0 spiro atoms. The van der Waals surface area contributed by atoms with Crippen molar-refractivity contribution in [1.29, 1.82) is 0 Å². The van der Waals surface area contributed by atoms with E-state index in [1.54, 1.807) is 0 Å². The molecule has 3 heteroatoms. The summed E-state index contributed by atoms with van der Waals surface area (Å²) in [5, 5.41) is 0. The largest absolute Gasteiger partial charge is 0.381 e. The van der Waals surface area contributed by atoms with E-state index in [9.17, 15) is 4.79 Å². The highest BCUT2D eigenvalue weighted by Crippen LogP contribution is 2.23. The van der Waals surface area contributed by atoms with Crippen molar-refractivity contribution in [3.63, 3.8) is 0 Å². The Morgan fingerprint density at radius 1 is 1.50 bits per heavy atom. The fourth-order valence-electron chi connectivity index (χ4n) is 1.96. The minimum absolute atomic E-state index is 0.134. The van der Waals surface area contributed by atoms with E-state index < -0.39 is 0 Å². The van der Waals surface area contributed by atoms with Crippen LogP contribution in [-0.4, -0.2) is 43.5 Å². The van der Waals surface area contributed by atoms with E-state index in [4.69, 9.17) is 4.74 Å². The lowest BCUT2D eigenvalue weighted by atomic mass is 9.87. The molecule has 1 fully saturated rings. The van der Waals surface area contributed by atoms with E-state index >= 15 is 0 Å². The van der Waals surface area contributed by atoms with Crippen molar-refractivity contribution >= 4 is 5.78 Å². The molecule has 0 aromatic carbocycles. The number of hydrogen-bond acceptors (Lipinski definition) is 3. The van der Waals surface area contributed by atoms with E-state index in [0.29, 0.717) is 25.0 Å². The Balaban J connectivity index is 2.44. The second-order valence-corrected chi connectivity index (χ2v) is 5.98. The second-order valence-electron chi connectivity index (χ2n) is 5.98. The number of hydrogen-bond donors (Lipinski definition) is 0. The zero-order valence-corrected chi connectivity index (χ0v) is 11.2. The molecular weight excluding hydrogens is 202 g/mol. The summed E-state index contributed by atoms with van der Waals surface area (Å²) in [6.45, 7) is 10.7. The molecule has 3 nitrogen and oxygen atoms in total. The van der Waals surface area contributed by atoms with Gasteiger partial charge in [0.1, 0.15) is 0 Å². The molecule has 0 aliphatic carbocycles. The molecule has 94 valence electrons. The molecule has 1 heterocycles. The van der Waals surface area contributed by atoms with Gasteiger partial charge in [0.25, 0.3) is 0 Å². The molecule has 0 saturated carbocycles. The molecule has 0 bridgehead atoms. The summed E-state index contributed by atoms with van der Waals surface area (Å²) in [4.78, 5) is 14.1. The minimum Gasteiger partial charge on any atom is -0.381 e. The number of ether oxygens (including phenoxy) is 1. The summed E-state index contributed by atoms with van der Waals surface area (Å²) in [5.74, 6) is 0.464. The van der Waals surface area contributed by atoms with Gasteiger partial charge in [-0.05, 0) is 25.8 Å². The zero-order valence-electron chi connectivity index (χ0n) is 11.2. The predicted molar refractivity (Wildman–Crippen MR) is 65.5 cm³/mol. The van der Waals surface area contributed by atoms with Gasteiger partial charge in [-0.15, -0.1) is 0 Å². The van der Waals surface area contributed by atoms with Crippen LogP contribution in [0, 0.1) is 11.3 Å². The highest BCUT2D eigenvalue weighted by Gasteiger charge is 2.28. The molecule has 1 aliphatic rings. The Kier molecular flexibility index (Phi) is 4.51. The van der Waals surface area contributed by atoms with Crippen molar-refractivity contribution < 1.29 is 9.53 Å². The molecule has 0 radical (unpaired) electrons. The lowest BCUT2D eigenvalue weighted by Gasteiger charge is -2.35. The predicted octanol–water partition coefficient (Wildman–Crippen LogP) is 1.96. The molecule has 1 aliphatic heterocycles. The summed E-state index contributed by atoms with van der Waals surface area (Å²) in [6.07, 6.45) is 0.899. The van der Waals surface area contributed by atoms with Gasteiger partial charge < -0.3 is 4.74 Å². The van der Waals surface area contributed by atoms with Crippen molar-refractivity contribution in [1.82, 2.24) is 4.90 Å². The van der Waals surface area contributed by atoms with Crippen molar-refractivity contribution in [2.45, 2.75) is 40.2 Å². The molecule has 16 heavy (non-hydrogen) atoms. The van der Waals surface area contributed by atoms with Gasteiger partial charge in [-0.25, -0.2) is 0 Å². The van der Waals surface area contributed by atoms with Crippen LogP contribution in [0.3, 0.4) is 0 Å². The molecule has 1 rings (SSSR count). The molecule has 1 saturated heterocycles. The quantitative estimate of drug-likeness (QED) is 0.735. The van der Waals surface area contributed by atoms with Crippen molar-refractivity contribution in [2.75, 3.05) is 26.8 Å². The molecule has 0 amide bonds. The first-order chi connectivity index (χ1) is 7.32. The summed E-state index contributed by atoms with van der Waals surface area (Å²) in [6, 6.07) is 0.402. The van der Waals surface area contributed by atoms with E-state index in [2.05, 4.69) is 32.6 Å². The highest BCUT2D eigenvalue weighted by atomic mass is 16.5. The number of rotatable bonds is 4. The normalized spacial score (nSPS) is 23.8. The van der Waals surface area contributed by atoms with Crippen LogP contribution in [0.1, 0.15) is 34.1 Å². The molecule has 0 aromatic heterocycles. The van der Waals surface area contributed by atoms with Crippen LogP contribution in [0.2, 0.25) is 0 Å². The Labute approximate surface area is 99.1 Å². The zero-order chi connectivity index (χ0) is 12.3. The average Bonchev–Trinajstić information content (AvgIpc) is 2.67. The summed E-state index contributed by atoms with van der Waals surface area (Å²) < 4.78 is 5.25. The van der Waals surface area contributed by atoms with Gasteiger partial charge in [-0.3, -0.25) is 9.69 Å². The lowest BCUT2D eigenvalue weighted by molar-refractivity contribution is -0.124. The van der Waals surface area contributed by atoms with Crippen LogP contribution in [0.15, 0.2) is 0 Å². The van der Waals surface area contributed by atoms with E-state index in [-0.39, 0.29) is 11.3 Å². The first kappa shape index (κ1) is 13.7. The van der Waals surface area contributed by atoms with Crippen LogP contribution in [-0.2, 0) is 9.53 Å². The Hall–Kier alpha value is -0.410. The van der Waals surface area contributed by atoms with E-state index in [1.807, 2.05) is 7.05 Å². The molecule has 0 N–H and O–H groups in total. The first-order valence-corrected chi connectivity index (χ1v) is 6.13. The van der Waals surface area contributed by atoms with Gasteiger partial charge in [0.2, 0.25) is 0 Å². The Morgan fingerprint density at radius 2 is 2.12 bits per heavy atom. The highest BCUT2D eigenvalue weighted by molar-refractivity contribution is 5.83. The van der Waals surface area contributed by atoms with Crippen molar-refractivity contribution in [2.24, 2.45) is 11.3 Å². The fourth-order valence-corrected chi connectivity index (χ4v) is 1.96. The van der Waals surface area contributed by atoms with Crippen molar-refractivity contribution in [3.8, 4) is 0 Å². The monoisotopic (exact) mass is 227 g/mol. The third-order valence-corrected chi connectivity index (χ3v) is 3.70. The number of ketones is 1. The minimum atomic E-state index is 0.134. The topological polar surface area (TPSA) is 29.5 Å². The summed E-state index contributed by atoms with van der Waals surface area (Å²) in [7, 11) is 2.03. The van der Waals surface area contributed by atoms with E-state index in [0.717, 1.165) is 13.0 Å². The third kappa shape index (κ3) is 3.56. The van der Waals surface area contributed by atoms with Gasteiger partial charge in [-0.2, -0.15) is 0 Å². The van der Waals surface area contributed by atoms with Crippen LogP contribution in [0.4, 0.5) is 0 Å². The Morgan fingerprint density at radius 3 is 2.56 bits per heavy atom. The van der Waals surface area contributed by atoms with E-state index in [1.165, 1.54) is 0 Å². The number of likely N-dealkylation sites (N-methyl/N-ethyl adjacent to an activating group) is 1. The third-order valence-electron chi connectivity index (χ3n) is 3.70. The number of Topliss-reactive ketones (excluding diaryl/α,β-unsaturated/α-hetero) is 1. The lowest BCUT2D eigenvalue weighted by Crippen LogP contribution is -2.43. The summed E-state index contributed by atoms with van der Waals surface area (Å²) in [5.41, 5.74) is 0.210. The average molecular weight is 227 g/mol. The van der Waals surface area contributed by atoms with Gasteiger partial charge in [0, 0.05) is 18.6 Å². The number of carbonyl (C=O) groups excluding carboxylic acids is 1. The standard InChI is InChI=1S/C13H25NO2/c1-10(13(2,3)4)14(5)8-12(15)11-6-7-16-9-11/h10-11H,6-9H2,1-5H3. The van der Waals surface area contributed by atoms with Crippen LogP contribution in [0.5, 0.6) is 0 Å². The maximum absolute atomic E-state index is 12.0. The van der Waals surface area contributed by atoms with Gasteiger partial charge in [0.15, 0.2) is 5.78 Å². The van der Waals surface area contributed by atoms with Crippen LogP contribution < -0.4 is 0 Å². The van der Waals surface area contributed by atoms with Crippen molar-refractivity contribution in [3.05, 3.63) is 0 Å². The van der Waals surface area contributed by atoms with Gasteiger partial charge in [0.05, 0.1) is 13.2 Å². The van der Waals surface area contributed by atoms with Crippen LogP contribution in [0.25, 0.3) is 0 Å². The molecule has 0 aromatic rings. The smallest absolute Gasteiger partial charge is 0.152 e. The molecular formula is C13H25NO2. The number of carbonyl (C=O) groups is 1. The maximum Gasteiger partial charge on any atom is 0.152 e. The SMILES string of the molecule is CC(N(C)CC(=O)C1CCOC1)C(C)(C)C. The Bertz CT molecular complexity index is 239. The molecule has 2 atom stereocenters. The second kappa shape index (κ2) is 5.28. The first-order valence-electron chi connectivity index (χ1n) is 6.13. The van der Waals surface area contributed by atoms with Gasteiger partial charge in [-0.1, -0.05) is 20.8 Å². The molecule has 2 unspecified atom stereocenters. The van der Waals surface area contributed by atoms with Gasteiger partial charge >= 0.3 is 0 Å². The fraction of sp³-hybridized carbons (Fsp3) is 0.923. The maximum atomic E-state index is 12.0.